The SMILES string of the molecule is Cc1cc(C)c(C(=O)O)c(SCCOc2ccccc2)n1. The van der Waals surface area contributed by atoms with E-state index in [1.165, 1.54) is 11.8 Å². The summed E-state index contributed by atoms with van der Waals surface area (Å²) in [5.74, 6) is 0.516. The van der Waals surface area contributed by atoms with Gasteiger partial charge >= 0.3 is 5.97 Å². The third-order valence-corrected chi connectivity index (χ3v) is 3.80. The molecule has 5 heteroatoms. The van der Waals surface area contributed by atoms with E-state index >= 15 is 0 Å². The van der Waals surface area contributed by atoms with Gasteiger partial charge in [0.1, 0.15) is 10.8 Å². The number of carbonyl (C=O) groups is 1. The van der Waals surface area contributed by atoms with Gasteiger partial charge in [-0.2, -0.15) is 0 Å². The first-order valence-corrected chi connectivity index (χ1v) is 7.58. The number of carboxylic acids is 1. The van der Waals surface area contributed by atoms with Gasteiger partial charge < -0.3 is 9.84 Å². The number of aromatic carboxylic acids is 1. The van der Waals surface area contributed by atoms with Gasteiger partial charge in [0.25, 0.3) is 0 Å². The average molecular weight is 303 g/mol. The molecule has 0 atom stereocenters. The lowest BCUT2D eigenvalue weighted by atomic mass is 10.1. The molecule has 0 amide bonds. The van der Waals surface area contributed by atoms with Gasteiger partial charge in [0.15, 0.2) is 0 Å². The van der Waals surface area contributed by atoms with Gasteiger partial charge in [0.2, 0.25) is 0 Å². The maximum Gasteiger partial charge on any atom is 0.338 e. The van der Waals surface area contributed by atoms with Crippen LogP contribution in [0.2, 0.25) is 0 Å². The predicted molar refractivity (Wildman–Crippen MR) is 83.3 cm³/mol. The third-order valence-electron chi connectivity index (χ3n) is 2.86. The van der Waals surface area contributed by atoms with Gasteiger partial charge in [-0.1, -0.05) is 18.2 Å². The second-order valence-electron chi connectivity index (χ2n) is 4.58. The summed E-state index contributed by atoms with van der Waals surface area (Å²) in [6.45, 7) is 4.16. The van der Waals surface area contributed by atoms with Crippen LogP contribution in [0.4, 0.5) is 0 Å². The van der Waals surface area contributed by atoms with Crippen LogP contribution in [0, 0.1) is 13.8 Å². The zero-order chi connectivity index (χ0) is 15.2. The van der Waals surface area contributed by atoms with Crippen LogP contribution in [0.15, 0.2) is 41.4 Å². The van der Waals surface area contributed by atoms with E-state index < -0.39 is 5.97 Å². The van der Waals surface area contributed by atoms with Crippen molar-refractivity contribution in [2.45, 2.75) is 18.9 Å². The summed E-state index contributed by atoms with van der Waals surface area (Å²) in [6.07, 6.45) is 0. The highest BCUT2D eigenvalue weighted by Crippen LogP contribution is 2.24. The average Bonchev–Trinajstić information content (AvgIpc) is 2.43. The molecule has 0 radical (unpaired) electrons. The van der Waals surface area contributed by atoms with Crippen LogP contribution in [0.25, 0.3) is 0 Å². The van der Waals surface area contributed by atoms with Crippen LogP contribution in [-0.2, 0) is 0 Å². The number of benzene rings is 1. The van der Waals surface area contributed by atoms with Gasteiger partial charge in [0.05, 0.1) is 12.2 Å². The number of hydrogen-bond donors (Lipinski definition) is 1. The molecular formula is C16H17NO3S. The quantitative estimate of drug-likeness (QED) is 0.653. The molecule has 0 fully saturated rings. The standard InChI is InChI=1S/C16H17NO3S/c1-11-10-12(2)17-15(14(11)16(18)19)21-9-8-20-13-6-4-3-5-7-13/h3-7,10H,8-9H2,1-2H3,(H,18,19). The topological polar surface area (TPSA) is 59.4 Å². The van der Waals surface area contributed by atoms with E-state index in [1.807, 2.05) is 37.3 Å². The van der Waals surface area contributed by atoms with Gasteiger partial charge in [-0.3, -0.25) is 0 Å². The molecule has 1 aromatic heterocycles. The summed E-state index contributed by atoms with van der Waals surface area (Å²) >= 11 is 1.41. The third kappa shape index (κ3) is 4.23. The van der Waals surface area contributed by atoms with E-state index in [0.717, 1.165) is 17.0 Å². The summed E-state index contributed by atoms with van der Waals surface area (Å²) in [5.41, 5.74) is 1.84. The molecule has 0 aliphatic heterocycles. The van der Waals surface area contributed by atoms with E-state index in [4.69, 9.17) is 4.74 Å². The maximum absolute atomic E-state index is 11.3. The molecule has 1 N–H and O–H groups in total. The molecule has 0 saturated carbocycles. The molecule has 2 rings (SSSR count). The zero-order valence-electron chi connectivity index (χ0n) is 12.0. The van der Waals surface area contributed by atoms with E-state index in [-0.39, 0.29) is 5.56 Å². The summed E-state index contributed by atoms with van der Waals surface area (Å²) in [5, 5.41) is 9.84. The van der Waals surface area contributed by atoms with Crippen LogP contribution >= 0.6 is 11.8 Å². The lowest BCUT2D eigenvalue weighted by Gasteiger charge is -2.10. The molecule has 2 aromatic rings. The Balaban J connectivity index is 1.98. The van der Waals surface area contributed by atoms with Crippen molar-refractivity contribution in [1.29, 1.82) is 0 Å². The fourth-order valence-corrected chi connectivity index (χ4v) is 2.94. The maximum atomic E-state index is 11.3. The number of rotatable bonds is 6. The zero-order valence-corrected chi connectivity index (χ0v) is 12.8. The van der Waals surface area contributed by atoms with Crippen LogP contribution < -0.4 is 4.74 Å². The first kappa shape index (κ1) is 15.4. The minimum absolute atomic E-state index is 0.283. The van der Waals surface area contributed by atoms with Crippen molar-refractivity contribution in [1.82, 2.24) is 4.98 Å². The second kappa shape index (κ2) is 7.13. The first-order valence-electron chi connectivity index (χ1n) is 6.60. The van der Waals surface area contributed by atoms with Crippen molar-refractivity contribution in [3.05, 3.63) is 53.2 Å². The molecule has 110 valence electrons. The van der Waals surface area contributed by atoms with Crippen molar-refractivity contribution >= 4 is 17.7 Å². The Labute approximate surface area is 128 Å². The van der Waals surface area contributed by atoms with Gasteiger partial charge in [-0.15, -0.1) is 11.8 Å². The van der Waals surface area contributed by atoms with E-state index in [0.29, 0.717) is 17.4 Å². The number of aromatic nitrogens is 1. The lowest BCUT2D eigenvalue weighted by Crippen LogP contribution is -2.07. The Morgan fingerprint density at radius 1 is 1.29 bits per heavy atom. The molecule has 4 nitrogen and oxygen atoms in total. The normalized spacial score (nSPS) is 10.4. The van der Waals surface area contributed by atoms with Crippen LogP contribution in [0.5, 0.6) is 5.75 Å². The minimum atomic E-state index is -0.938. The fraction of sp³-hybridized carbons (Fsp3) is 0.250. The van der Waals surface area contributed by atoms with Crippen molar-refractivity contribution in [3.8, 4) is 5.75 Å². The summed E-state index contributed by atoms with van der Waals surface area (Å²) < 4.78 is 5.59. The van der Waals surface area contributed by atoms with E-state index in [1.54, 1.807) is 13.0 Å². The highest BCUT2D eigenvalue weighted by Gasteiger charge is 2.15. The molecule has 1 aromatic carbocycles. The van der Waals surface area contributed by atoms with Crippen molar-refractivity contribution in [3.63, 3.8) is 0 Å². The summed E-state index contributed by atoms with van der Waals surface area (Å²) in [6, 6.07) is 11.3. The second-order valence-corrected chi connectivity index (χ2v) is 5.66. The largest absolute Gasteiger partial charge is 0.493 e. The Hall–Kier alpha value is -2.01. The molecule has 0 saturated heterocycles. The molecule has 0 unspecified atom stereocenters. The summed E-state index contributed by atoms with van der Waals surface area (Å²) in [4.78, 5) is 15.6. The number of ether oxygens (including phenoxy) is 1. The van der Waals surface area contributed by atoms with Crippen LogP contribution in [0.1, 0.15) is 21.6 Å². The molecule has 0 aliphatic rings. The summed E-state index contributed by atoms with van der Waals surface area (Å²) in [7, 11) is 0. The number of carboxylic acid groups (broad SMARTS) is 1. The van der Waals surface area contributed by atoms with Crippen molar-refractivity contribution in [2.24, 2.45) is 0 Å². The molecule has 0 spiro atoms. The molecular weight excluding hydrogens is 286 g/mol. The molecule has 0 aliphatic carbocycles. The Bertz CT molecular complexity index is 629. The number of hydrogen-bond acceptors (Lipinski definition) is 4. The minimum Gasteiger partial charge on any atom is -0.493 e. The van der Waals surface area contributed by atoms with Gasteiger partial charge in [0, 0.05) is 11.4 Å². The van der Waals surface area contributed by atoms with Gasteiger partial charge in [-0.25, -0.2) is 9.78 Å². The Kier molecular flexibility index (Phi) is 5.22. The fourth-order valence-electron chi connectivity index (χ4n) is 1.98. The monoisotopic (exact) mass is 303 g/mol. The number of thioether (sulfide) groups is 1. The highest BCUT2D eigenvalue weighted by atomic mass is 32.2. The highest BCUT2D eigenvalue weighted by molar-refractivity contribution is 7.99. The number of pyridine rings is 1. The number of para-hydroxylation sites is 1. The lowest BCUT2D eigenvalue weighted by molar-refractivity contribution is 0.0691. The smallest absolute Gasteiger partial charge is 0.338 e. The van der Waals surface area contributed by atoms with Crippen LogP contribution in [0.3, 0.4) is 0 Å². The van der Waals surface area contributed by atoms with Crippen LogP contribution in [-0.4, -0.2) is 28.4 Å². The van der Waals surface area contributed by atoms with Crippen molar-refractivity contribution in [2.75, 3.05) is 12.4 Å². The van der Waals surface area contributed by atoms with E-state index in [2.05, 4.69) is 4.98 Å². The Morgan fingerprint density at radius 2 is 2.00 bits per heavy atom. The molecule has 1 heterocycles. The number of nitrogens with zero attached hydrogens (tertiary/aromatic N) is 1. The first-order chi connectivity index (χ1) is 10.1. The molecule has 21 heavy (non-hydrogen) atoms. The van der Waals surface area contributed by atoms with Crippen molar-refractivity contribution < 1.29 is 14.6 Å². The predicted octanol–water partition coefficient (Wildman–Crippen LogP) is 3.57. The van der Waals surface area contributed by atoms with Gasteiger partial charge in [-0.05, 0) is 37.6 Å². The molecule has 0 bridgehead atoms. The Morgan fingerprint density at radius 3 is 2.67 bits per heavy atom. The van der Waals surface area contributed by atoms with E-state index in [9.17, 15) is 9.90 Å². The number of aryl methyl sites for hydroxylation is 2.